The van der Waals surface area contributed by atoms with Crippen LogP contribution in [0.4, 0.5) is 0 Å². The first-order valence-electron chi connectivity index (χ1n) is 8.17. The second-order valence-electron chi connectivity index (χ2n) is 7.78. The maximum atomic E-state index is 12.7. The molecular formula is C18H25N3O2. The number of nitrogens with two attached hydrogens (primary N) is 1. The smallest absolute Gasteiger partial charge is 0.256 e. The molecule has 23 heavy (non-hydrogen) atoms. The molecule has 1 fully saturated rings. The van der Waals surface area contributed by atoms with Gasteiger partial charge in [-0.3, -0.25) is 14.2 Å². The van der Waals surface area contributed by atoms with Gasteiger partial charge < -0.3 is 5.73 Å². The summed E-state index contributed by atoms with van der Waals surface area (Å²) in [6.07, 6.45) is 3.52. The Bertz CT molecular complexity index is 788. The lowest BCUT2D eigenvalue weighted by atomic mass is 9.50. The third-order valence-electron chi connectivity index (χ3n) is 6.11. The van der Waals surface area contributed by atoms with E-state index in [1.54, 1.807) is 11.6 Å². The van der Waals surface area contributed by atoms with Crippen molar-refractivity contribution in [2.75, 3.05) is 0 Å². The van der Waals surface area contributed by atoms with Crippen LogP contribution in [-0.4, -0.2) is 15.3 Å². The number of aryl methyl sites for hydroxylation is 1. The summed E-state index contributed by atoms with van der Waals surface area (Å²) in [6.45, 7) is 7.99. The fraction of sp³-hybridized carbons (Fsp3) is 0.611. The van der Waals surface area contributed by atoms with E-state index in [1.807, 2.05) is 20.8 Å². The highest BCUT2D eigenvalue weighted by Gasteiger charge is 2.56. The van der Waals surface area contributed by atoms with Crippen LogP contribution in [0.1, 0.15) is 50.7 Å². The van der Waals surface area contributed by atoms with Crippen LogP contribution in [0.15, 0.2) is 16.6 Å². The molecule has 0 aliphatic heterocycles. The lowest BCUT2D eigenvalue weighted by Gasteiger charge is -2.52. The molecule has 2 aliphatic carbocycles. The van der Waals surface area contributed by atoms with Crippen LogP contribution in [0.3, 0.4) is 0 Å². The first kappa shape index (κ1) is 16.0. The Morgan fingerprint density at radius 3 is 2.57 bits per heavy atom. The number of ketones is 1. The van der Waals surface area contributed by atoms with Gasteiger partial charge >= 0.3 is 0 Å². The third kappa shape index (κ3) is 1.95. The van der Waals surface area contributed by atoms with Crippen LogP contribution in [0.25, 0.3) is 0 Å². The number of rotatable bonds is 0. The van der Waals surface area contributed by atoms with Gasteiger partial charge in [-0.25, -0.2) is 4.98 Å². The Hall–Kier alpha value is -1.91. The predicted octanol–water partition coefficient (Wildman–Crippen LogP) is 1.75. The SMILES string of the molecule is Cc1nc2c(c(=O)n1C)CC[C@H]1C(C)(C)C(=O)C(=CN)C[C@]21C. The number of fused-ring (bicyclic) bond motifs is 3. The molecule has 1 saturated carbocycles. The normalized spacial score (nSPS) is 30.9. The lowest BCUT2D eigenvalue weighted by Crippen LogP contribution is -2.54. The van der Waals surface area contributed by atoms with Gasteiger partial charge in [-0.05, 0) is 32.1 Å². The van der Waals surface area contributed by atoms with Crippen molar-refractivity contribution in [2.24, 2.45) is 24.1 Å². The van der Waals surface area contributed by atoms with E-state index in [0.717, 1.165) is 17.7 Å². The summed E-state index contributed by atoms with van der Waals surface area (Å²) in [5, 5.41) is 0. The molecule has 1 aromatic rings. The lowest BCUT2D eigenvalue weighted by molar-refractivity contribution is -0.131. The molecule has 3 rings (SSSR count). The molecule has 0 amide bonds. The average molecular weight is 315 g/mol. The van der Waals surface area contributed by atoms with Gasteiger partial charge in [0.15, 0.2) is 5.78 Å². The van der Waals surface area contributed by atoms with Crippen molar-refractivity contribution in [3.05, 3.63) is 39.2 Å². The minimum atomic E-state index is -0.493. The van der Waals surface area contributed by atoms with Crippen molar-refractivity contribution >= 4 is 5.78 Å². The summed E-state index contributed by atoms with van der Waals surface area (Å²) < 4.78 is 1.61. The Labute approximate surface area is 136 Å². The minimum Gasteiger partial charge on any atom is -0.404 e. The number of hydrogen-bond donors (Lipinski definition) is 1. The molecule has 0 radical (unpaired) electrons. The van der Waals surface area contributed by atoms with Gasteiger partial charge in [-0.2, -0.15) is 0 Å². The van der Waals surface area contributed by atoms with E-state index in [0.29, 0.717) is 24.2 Å². The molecule has 2 aliphatic rings. The van der Waals surface area contributed by atoms with E-state index < -0.39 is 5.41 Å². The van der Waals surface area contributed by atoms with Gasteiger partial charge in [0.2, 0.25) is 0 Å². The quantitative estimate of drug-likeness (QED) is 0.740. The summed E-state index contributed by atoms with van der Waals surface area (Å²) in [7, 11) is 1.76. The second kappa shape index (κ2) is 4.79. The first-order chi connectivity index (χ1) is 10.6. The van der Waals surface area contributed by atoms with Crippen LogP contribution in [0, 0.1) is 18.3 Å². The van der Waals surface area contributed by atoms with Crippen LogP contribution < -0.4 is 11.3 Å². The summed E-state index contributed by atoms with van der Waals surface area (Å²) in [4.78, 5) is 30.2. The Kier molecular flexibility index (Phi) is 3.33. The Morgan fingerprint density at radius 2 is 1.96 bits per heavy atom. The number of nitrogens with zero attached hydrogens (tertiary/aromatic N) is 2. The maximum absolute atomic E-state index is 12.7. The van der Waals surface area contributed by atoms with E-state index in [9.17, 15) is 9.59 Å². The molecule has 5 heteroatoms. The highest BCUT2D eigenvalue weighted by atomic mass is 16.1. The number of carbonyl (C=O) groups is 1. The topological polar surface area (TPSA) is 78.0 Å². The largest absolute Gasteiger partial charge is 0.404 e. The molecule has 0 saturated heterocycles. The van der Waals surface area contributed by atoms with E-state index in [4.69, 9.17) is 10.7 Å². The third-order valence-corrected chi connectivity index (χ3v) is 6.11. The van der Waals surface area contributed by atoms with Gasteiger partial charge in [-0.1, -0.05) is 20.8 Å². The average Bonchev–Trinajstić information content (AvgIpc) is 2.49. The van der Waals surface area contributed by atoms with Gasteiger partial charge in [0.25, 0.3) is 5.56 Å². The van der Waals surface area contributed by atoms with Gasteiger partial charge in [0.05, 0.1) is 5.69 Å². The van der Waals surface area contributed by atoms with Crippen LogP contribution in [0.5, 0.6) is 0 Å². The minimum absolute atomic E-state index is 0.0418. The summed E-state index contributed by atoms with van der Waals surface area (Å²) in [5.74, 6) is 1.01. The molecule has 2 N–H and O–H groups in total. The molecule has 2 atom stereocenters. The van der Waals surface area contributed by atoms with Crippen molar-refractivity contribution in [1.29, 1.82) is 0 Å². The second-order valence-corrected chi connectivity index (χ2v) is 7.78. The van der Waals surface area contributed by atoms with Gasteiger partial charge in [0.1, 0.15) is 5.82 Å². The molecule has 0 aromatic carbocycles. The van der Waals surface area contributed by atoms with Crippen LogP contribution >= 0.6 is 0 Å². The predicted molar refractivity (Wildman–Crippen MR) is 89.1 cm³/mol. The fourth-order valence-corrected chi connectivity index (χ4v) is 4.77. The van der Waals surface area contributed by atoms with Crippen molar-refractivity contribution in [3.8, 4) is 0 Å². The molecule has 0 unspecified atom stereocenters. The molecule has 5 nitrogen and oxygen atoms in total. The van der Waals surface area contributed by atoms with Crippen molar-refractivity contribution in [1.82, 2.24) is 9.55 Å². The number of carbonyl (C=O) groups excluding carboxylic acids is 1. The van der Waals surface area contributed by atoms with Crippen molar-refractivity contribution < 1.29 is 4.79 Å². The van der Waals surface area contributed by atoms with Gasteiger partial charge in [-0.15, -0.1) is 0 Å². The monoisotopic (exact) mass is 315 g/mol. The molecule has 1 heterocycles. The fourth-order valence-electron chi connectivity index (χ4n) is 4.77. The zero-order chi connectivity index (χ0) is 17.2. The molecule has 0 bridgehead atoms. The van der Waals surface area contributed by atoms with Crippen LogP contribution in [0.2, 0.25) is 0 Å². The van der Waals surface area contributed by atoms with E-state index in [-0.39, 0.29) is 22.7 Å². The molecule has 1 aromatic heterocycles. The van der Waals surface area contributed by atoms with E-state index in [2.05, 4.69) is 6.92 Å². The summed E-state index contributed by atoms with van der Waals surface area (Å²) >= 11 is 0. The Morgan fingerprint density at radius 1 is 1.30 bits per heavy atom. The van der Waals surface area contributed by atoms with E-state index >= 15 is 0 Å². The summed E-state index contributed by atoms with van der Waals surface area (Å²) in [5.41, 5.74) is 7.28. The molecule has 124 valence electrons. The highest BCUT2D eigenvalue weighted by Crippen LogP contribution is 2.56. The molecule has 0 spiro atoms. The van der Waals surface area contributed by atoms with E-state index in [1.165, 1.54) is 6.20 Å². The number of allylic oxidation sites excluding steroid dienone is 1. The van der Waals surface area contributed by atoms with Crippen LogP contribution in [-0.2, 0) is 23.7 Å². The van der Waals surface area contributed by atoms with Crippen molar-refractivity contribution in [3.63, 3.8) is 0 Å². The van der Waals surface area contributed by atoms with Crippen molar-refractivity contribution in [2.45, 2.75) is 52.4 Å². The summed E-state index contributed by atoms with van der Waals surface area (Å²) in [6, 6.07) is 0. The molecular weight excluding hydrogens is 290 g/mol. The number of aromatic nitrogens is 2. The standard InChI is InChI=1S/C18H25N3O2/c1-10-20-14-12(16(23)21(10)5)6-7-13-17(2,3)15(22)11(9-19)8-18(13,14)4/h9,13H,6-8,19H2,1-5H3/t13-,18-/m0/s1. The first-order valence-corrected chi connectivity index (χ1v) is 8.17. The highest BCUT2D eigenvalue weighted by molar-refractivity contribution is 6.01. The maximum Gasteiger partial charge on any atom is 0.256 e. The van der Waals surface area contributed by atoms with Gasteiger partial charge in [0, 0.05) is 35.2 Å². The number of hydrogen-bond acceptors (Lipinski definition) is 4. The zero-order valence-corrected chi connectivity index (χ0v) is 14.6. The zero-order valence-electron chi connectivity index (χ0n) is 14.6. The Balaban J connectivity index is 2.29. The number of Topliss-reactive ketones (excluding diaryl/α,β-unsaturated/α-hetero) is 1.